The van der Waals surface area contributed by atoms with E-state index in [0.717, 1.165) is 16.7 Å². The molecule has 0 bridgehead atoms. The van der Waals surface area contributed by atoms with Crippen LogP contribution in [-0.4, -0.2) is 46.6 Å². The number of ether oxygens (including phenoxy) is 5. The molecular weight excluding hydrogens is 432 g/mol. The Hall–Kier alpha value is -3.79. The second-order valence-electron chi connectivity index (χ2n) is 7.34. The van der Waals surface area contributed by atoms with Gasteiger partial charge in [0.05, 0.1) is 27.9 Å². The molecule has 0 unspecified atom stereocenters. The lowest BCUT2D eigenvalue weighted by atomic mass is 9.80. The van der Waals surface area contributed by atoms with Gasteiger partial charge in [0, 0.05) is 0 Å². The summed E-state index contributed by atoms with van der Waals surface area (Å²) in [6.45, 7) is -0.145. The van der Waals surface area contributed by atoms with E-state index in [1.165, 1.54) is 7.11 Å². The van der Waals surface area contributed by atoms with Gasteiger partial charge in [-0.2, -0.15) is 0 Å². The summed E-state index contributed by atoms with van der Waals surface area (Å²) in [4.78, 5) is 12.4. The van der Waals surface area contributed by atoms with Crippen LogP contribution in [0.25, 0.3) is 0 Å². The predicted molar refractivity (Wildman–Crippen MR) is 129 cm³/mol. The van der Waals surface area contributed by atoms with Crippen LogP contribution in [0.5, 0.6) is 11.5 Å². The minimum absolute atomic E-state index is 0.0491. The second-order valence-corrected chi connectivity index (χ2v) is 7.34. The van der Waals surface area contributed by atoms with Crippen molar-refractivity contribution in [1.29, 1.82) is 0 Å². The van der Waals surface area contributed by atoms with Gasteiger partial charge in [0.1, 0.15) is 23.7 Å². The molecule has 0 aliphatic rings. The lowest BCUT2D eigenvalue weighted by molar-refractivity contribution is -0.160. The van der Waals surface area contributed by atoms with Gasteiger partial charge in [-0.25, -0.2) is 4.79 Å². The zero-order valence-electron chi connectivity index (χ0n) is 19.5. The molecule has 0 radical (unpaired) electrons. The van der Waals surface area contributed by atoms with E-state index in [9.17, 15) is 4.79 Å². The average Bonchev–Trinajstić information content (AvgIpc) is 2.91. The Morgan fingerprint density at radius 3 is 1.76 bits per heavy atom. The maximum Gasteiger partial charge on any atom is 0.337 e. The average molecular weight is 461 g/mol. The van der Waals surface area contributed by atoms with E-state index in [4.69, 9.17) is 30.1 Å². The van der Waals surface area contributed by atoms with Crippen LogP contribution in [0.2, 0.25) is 0 Å². The normalized spacial score (nSPS) is 11.8. The van der Waals surface area contributed by atoms with Gasteiger partial charge >= 0.3 is 5.97 Å². The van der Waals surface area contributed by atoms with Crippen LogP contribution >= 0.6 is 0 Å². The van der Waals surface area contributed by atoms with E-state index in [-0.39, 0.29) is 13.2 Å². The first-order chi connectivity index (χ1) is 16.6. The molecule has 0 heterocycles. The van der Waals surface area contributed by atoms with Crippen LogP contribution in [0.15, 0.2) is 78.9 Å². The molecule has 6 heteroatoms. The fourth-order valence-electron chi connectivity index (χ4n) is 3.74. The van der Waals surface area contributed by atoms with E-state index in [2.05, 4.69) is 5.92 Å². The van der Waals surface area contributed by atoms with Crippen molar-refractivity contribution in [2.45, 2.75) is 11.7 Å². The van der Waals surface area contributed by atoms with E-state index < -0.39 is 17.7 Å². The molecule has 3 aromatic rings. The molecule has 6 nitrogen and oxygen atoms in total. The minimum Gasteiger partial charge on any atom is -0.497 e. The van der Waals surface area contributed by atoms with Crippen molar-refractivity contribution in [3.63, 3.8) is 0 Å². The van der Waals surface area contributed by atoms with Crippen LogP contribution in [0.4, 0.5) is 0 Å². The Bertz CT molecular complexity index is 1040. The van der Waals surface area contributed by atoms with Crippen LogP contribution in [0.3, 0.4) is 0 Å². The highest BCUT2D eigenvalue weighted by atomic mass is 16.6. The summed E-state index contributed by atoms with van der Waals surface area (Å²) in [5.74, 6) is 3.24. The highest BCUT2D eigenvalue weighted by Crippen LogP contribution is 2.41. The smallest absolute Gasteiger partial charge is 0.337 e. The first kappa shape index (κ1) is 24.8. The van der Waals surface area contributed by atoms with Crippen molar-refractivity contribution in [2.24, 2.45) is 0 Å². The molecule has 3 aromatic carbocycles. The van der Waals surface area contributed by atoms with Gasteiger partial charge in [-0.05, 0) is 41.0 Å². The largest absolute Gasteiger partial charge is 0.497 e. The number of carbonyl (C=O) groups excluding carboxylic acids is 1. The van der Waals surface area contributed by atoms with Crippen molar-refractivity contribution in [2.75, 3.05) is 34.5 Å². The third kappa shape index (κ3) is 5.40. The van der Waals surface area contributed by atoms with Crippen LogP contribution < -0.4 is 9.47 Å². The number of rotatable bonds is 11. The molecule has 0 aromatic heterocycles. The molecule has 176 valence electrons. The number of hydrogen-bond donors (Lipinski definition) is 0. The van der Waals surface area contributed by atoms with Gasteiger partial charge in [0.2, 0.25) is 0 Å². The molecule has 3 rings (SSSR count). The fraction of sp³-hybridized carbons (Fsp3) is 0.250. The Labute approximate surface area is 200 Å². The first-order valence-electron chi connectivity index (χ1n) is 10.7. The molecule has 0 saturated carbocycles. The maximum atomic E-state index is 12.4. The maximum absolute atomic E-state index is 12.4. The van der Waals surface area contributed by atoms with Gasteiger partial charge in [-0.15, -0.1) is 6.42 Å². The summed E-state index contributed by atoms with van der Waals surface area (Å²) < 4.78 is 27.8. The molecular formula is C28H28O6. The zero-order valence-corrected chi connectivity index (χ0v) is 19.5. The number of esters is 1. The SMILES string of the molecule is C#CCO[C@H](COC(c1ccccc1)(c1ccc(OC)cc1)c1ccc(OC)cc1)C(=O)OC. The summed E-state index contributed by atoms with van der Waals surface area (Å²) in [5.41, 5.74) is 1.47. The Kier molecular flexibility index (Phi) is 8.69. The number of carbonyl (C=O) groups is 1. The Morgan fingerprint density at radius 1 is 0.824 bits per heavy atom. The first-order valence-corrected chi connectivity index (χ1v) is 10.7. The molecule has 0 N–H and O–H groups in total. The van der Waals surface area contributed by atoms with Crippen LogP contribution in [0.1, 0.15) is 16.7 Å². The third-order valence-corrected chi connectivity index (χ3v) is 5.46. The summed E-state index contributed by atoms with van der Waals surface area (Å²) >= 11 is 0. The minimum atomic E-state index is -1.08. The van der Waals surface area contributed by atoms with E-state index >= 15 is 0 Å². The molecule has 1 atom stereocenters. The second kappa shape index (κ2) is 11.9. The highest BCUT2D eigenvalue weighted by Gasteiger charge is 2.39. The number of terminal acetylenes is 1. The molecule has 34 heavy (non-hydrogen) atoms. The fourth-order valence-corrected chi connectivity index (χ4v) is 3.74. The van der Waals surface area contributed by atoms with Crippen molar-refractivity contribution in [3.05, 3.63) is 95.6 Å². The Balaban J connectivity index is 2.17. The molecule has 0 amide bonds. The lowest BCUT2D eigenvalue weighted by Crippen LogP contribution is -2.39. The summed E-state index contributed by atoms with van der Waals surface area (Å²) in [5, 5.41) is 0. The van der Waals surface area contributed by atoms with Gasteiger partial charge in [0.25, 0.3) is 0 Å². The van der Waals surface area contributed by atoms with Gasteiger partial charge < -0.3 is 23.7 Å². The highest BCUT2D eigenvalue weighted by molar-refractivity contribution is 5.74. The van der Waals surface area contributed by atoms with E-state index in [0.29, 0.717) is 11.5 Å². The van der Waals surface area contributed by atoms with E-state index in [1.54, 1.807) is 14.2 Å². The molecule has 0 aliphatic heterocycles. The number of benzene rings is 3. The summed E-state index contributed by atoms with van der Waals surface area (Å²) in [7, 11) is 4.53. The van der Waals surface area contributed by atoms with Crippen LogP contribution in [0, 0.1) is 12.3 Å². The monoisotopic (exact) mass is 460 g/mol. The lowest BCUT2D eigenvalue weighted by Gasteiger charge is -2.37. The van der Waals surface area contributed by atoms with Gasteiger partial charge in [-0.3, -0.25) is 0 Å². The van der Waals surface area contributed by atoms with Crippen molar-refractivity contribution < 1.29 is 28.5 Å². The number of hydrogen-bond acceptors (Lipinski definition) is 6. The Morgan fingerprint density at radius 2 is 1.32 bits per heavy atom. The van der Waals surface area contributed by atoms with Crippen LogP contribution in [-0.2, 0) is 24.6 Å². The zero-order chi connectivity index (χ0) is 24.4. The van der Waals surface area contributed by atoms with Crippen molar-refractivity contribution >= 4 is 5.97 Å². The molecule has 0 fully saturated rings. The van der Waals surface area contributed by atoms with E-state index in [1.807, 2.05) is 78.9 Å². The molecule has 0 saturated heterocycles. The van der Waals surface area contributed by atoms with Crippen molar-refractivity contribution in [1.82, 2.24) is 0 Å². The molecule has 0 spiro atoms. The van der Waals surface area contributed by atoms with Gasteiger partial charge in [-0.1, -0.05) is 60.5 Å². The van der Waals surface area contributed by atoms with Gasteiger partial charge in [0.15, 0.2) is 6.10 Å². The summed E-state index contributed by atoms with van der Waals surface area (Å²) in [6.07, 6.45) is 4.34. The quantitative estimate of drug-likeness (QED) is 0.243. The third-order valence-electron chi connectivity index (χ3n) is 5.46. The van der Waals surface area contributed by atoms with Crippen molar-refractivity contribution in [3.8, 4) is 23.8 Å². The molecule has 0 aliphatic carbocycles. The number of methoxy groups -OCH3 is 3. The standard InChI is InChI=1S/C28H28O6/c1-5-19-33-26(27(29)32-4)20-34-28(21-9-7-6-8-10-21,22-11-15-24(30-2)16-12-22)23-13-17-25(31-3)18-14-23/h1,6-18,26H,19-20H2,2-4H3/t26-/m1/s1. The topological polar surface area (TPSA) is 63.2 Å². The predicted octanol–water partition coefficient (Wildman–Crippen LogP) is 4.20. The summed E-state index contributed by atoms with van der Waals surface area (Å²) in [6, 6.07) is 25.0.